The first-order valence-corrected chi connectivity index (χ1v) is 5.31. The molecule has 0 heterocycles. The van der Waals surface area contributed by atoms with Crippen molar-refractivity contribution in [2.24, 2.45) is 5.73 Å². The summed E-state index contributed by atoms with van der Waals surface area (Å²) >= 11 is 0. The second-order valence-corrected chi connectivity index (χ2v) is 3.76. The number of rotatable bonds is 5. The molecule has 0 fully saturated rings. The second-order valence-electron chi connectivity index (χ2n) is 3.76. The highest BCUT2D eigenvalue weighted by Crippen LogP contribution is 2.07. The van der Waals surface area contributed by atoms with Crippen molar-refractivity contribution >= 4 is 5.91 Å². The Balaban J connectivity index is 2.74. The molecular weight excluding hydrogens is 200 g/mol. The number of carbonyl (C=O) groups is 1. The van der Waals surface area contributed by atoms with Crippen LogP contribution in [0, 0.1) is 6.92 Å². The van der Waals surface area contributed by atoms with Crippen LogP contribution in [-0.2, 0) is 11.3 Å². The Labute approximate surface area is 96.6 Å². The number of nitrogens with two attached hydrogens (primary N) is 1. The quantitative estimate of drug-likeness (QED) is 0.761. The van der Waals surface area contributed by atoms with Crippen LogP contribution >= 0.6 is 0 Å². The monoisotopic (exact) mass is 218 g/mol. The van der Waals surface area contributed by atoms with Crippen LogP contribution in [0.5, 0.6) is 0 Å². The maximum atomic E-state index is 11.5. The highest BCUT2D eigenvalue weighted by Gasteiger charge is 2.10. The zero-order valence-corrected chi connectivity index (χ0v) is 9.65. The summed E-state index contributed by atoms with van der Waals surface area (Å²) in [6.07, 6.45) is 1.71. The van der Waals surface area contributed by atoms with Gasteiger partial charge >= 0.3 is 0 Å². The molecule has 1 aromatic carbocycles. The minimum absolute atomic E-state index is 0.0413. The van der Waals surface area contributed by atoms with Crippen LogP contribution < -0.4 is 5.73 Å². The molecule has 86 valence electrons. The standard InChI is InChI=1S/C13H18N2O/c1-3-7-15(13(16)9-14)10-12-6-4-5-11(2)8-12/h3-6,8H,1,7,9-10,14H2,2H3. The molecule has 0 aliphatic heterocycles. The van der Waals surface area contributed by atoms with Gasteiger partial charge in [-0.1, -0.05) is 35.9 Å². The van der Waals surface area contributed by atoms with Crippen molar-refractivity contribution in [2.45, 2.75) is 13.5 Å². The molecule has 1 aromatic rings. The fourth-order valence-electron chi connectivity index (χ4n) is 1.57. The van der Waals surface area contributed by atoms with Gasteiger partial charge in [-0.25, -0.2) is 0 Å². The van der Waals surface area contributed by atoms with Gasteiger partial charge in [-0.15, -0.1) is 6.58 Å². The van der Waals surface area contributed by atoms with Gasteiger partial charge in [0.1, 0.15) is 0 Å². The van der Waals surface area contributed by atoms with Gasteiger partial charge < -0.3 is 10.6 Å². The minimum Gasteiger partial charge on any atom is -0.334 e. The molecule has 3 heteroatoms. The zero-order valence-electron chi connectivity index (χ0n) is 9.65. The molecule has 0 bridgehead atoms. The average molecular weight is 218 g/mol. The first kappa shape index (κ1) is 12.5. The lowest BCUT2D eigenvalue weighted by atomic mass is 10.1. The van der Waals surface area contributed by atoms with Gasteiger partial charge in [0.05, 0.1) is 6.54 Å². The summed E-state index contributed by atoms with van der Waals surface area (Å²) < 4.78 is 0. The SMILES string of the molecule is C=CCN(Cc1cccc(C)c1)C(=O)CN. The maximum absolute atomic E-state index is 11.5. The molecule has 1 rings (SSSR count). The van der Waals surface area contributed by atoms with Crippen molar-refractivity contribution in [3.63, 3.8) is 0 Å². The van der Waals surface area contributed by atoms with E-state index in [0.29, 0.717) is 13.1 Å². The number of amides is 1. The molecule has 0 aliphatic rings. The number of aryl methyl sites for hydroxylation is 1. The summed E-state index contributed by atoms with van der Waals surface area (Å²) in [5.41, 5.74) is 7.67. The highest BCUT2D eigenvalue weighted by molar-refractivity contribution is 5.78. The van der Waals surface area contributed by atoms with Crippen LogP contribution in [-0.4, -0.2) is 23.9 Å². The van der Waals surface area contributed by atoms with Crippen molar-refractivity contribution in [1.29, 1.82) is 0 Å². The predicted molar refractivity (Wildman–Crippen MR) is 65.8 cm³/mol. The molecule has 0 aliphatic carbocycles. The van der Waals surface area contributed by atoms with Crippen LogP contribution in [0.1, 0.15) is 11.1 Å². The molecule has 0 spiro atoms. The summed E-state index contributed by atoms with van der Waals surface area (Å²) in [5, 5.41) is 0. The summed E-state index contributed by atoms with van der Waals surface area (Å²) in [4.78, 5) is 13.2. The van der Waals surface area contributed by atoms with E-state index in [1.165, 1.54) is 5.56 Å². The van der Waals surface area contributed by atoms with Crippen LogP contribution in [0.15, 0.2) is 36.9 Å². The largest absolute Gasteiger partial charge is 0.334 e. The lowest BCUT2D eigenvalue weighted by molar-refractivity contribution is -0.129. The van der Waals surface area contributed by atoms with Crippen LogP contribution in [0.25, 0.3) is 0 Å². The number of nitrogens with zero attached hydrogens (tertiary/aromatic N) is 1. The first-order chi connectivity index (χ1) is 7.67. The van der Waals surface area contributed by atoms with E-state index in [1.807, 2.05) is 25.1 Å². The third-order valence-corrected chi connectivity index (χ3v) is 2.33. The van der Waals surface area contributed by atoms with Gasteiger partial charge in [0.15, 0.2) is 0 Å². The van der Waals surface area contributed by atoms with Crippen molar-refractivity contribution in [2.75, 3.05) is 13.1 Å². The summed E-state index contributed by atoms with van der Waals surface area (Å²) in [6.45, 7) is 6.84. The van der Waals surface area contributed by atoms with Gasteiger partial charge in [-0.2, -0.15) is 0 Å². The van der Waals surface area contributed by atoms with Crippen molar-refractivity contribution < 1.29 is 4.79 Å². The van der Waals surface area contributed by atoms with E-state index in [9.17, 15) is 4.79 Å². The number of benzene rings is 1. The Bertz CT molecular complexity index is 374. The lowest BCUT2D eigenvalue weighted by Crippen LogP contribution is -2.35. The van der Waals surface area contributed by atoms with Gasteiger partial charge in [-0.05, 0) is 12.5 Å². The molecule has 16 heavy (non-hydrogen) atoms. The molecular formula is C13H18N2O. The molecule has 3 nitrogen and oxygen atoms in total. The van der Waals surface area contributed by atoms with Crippen molar-refractivity contribution in [1.82, 2.24) is 4.90 Å². The fraction of sp³-hybridized carbons (Fsp3) is 0.308. The van der Waals surface area contributed by atoms with Gasteiger partial charge in [0.2, 0.25) is 5.91 Å². The number of hydrogen-bond donors (Lipinski definition) is 1. The summed E-state index contributed by atoms with van der Waals surface area (Å²) in [6, 6.07) is 8.10. The smallest absolute Gasteiger partial charge is 0.236 e. The van der Waals surface area contributed by atoms with Gasteiger partial charge in [0.25, 0.3) is 0 Å². The number of carbonyl (C=O) groups excluding carboxylic acids is 1. The third-order valence-electron chi connectivity index (χ3n) is 2.33. The van der Waals surface area contributed by atoms with Gasteiger partial charge in [-0.3, -0.25) is 4.79 Å². The van der Waals surface area contributed by atoms with Crippen LogP contribution in [0.4, 0.5) is 0 Å². The fourth-order valence-corrected chi connectivity index (χ4v) is 1.57. The van der Waals surface area contributed by atoms with E-state index >= 15 is 0 Å². The summed E-state index contributed by atoms with van der Waals surface area (Å²) in [5.74, 6) is -0.0543. The Morgan fingerprint density at radius 2 is 2.31 bits per heavy atom. The molecule has 0 unspecified atom stereocenters. The molecule has 0 saturated heterocycles. The van der Waals surface area contributed by atoms with Crippen molar-refractivity contribution in [3.05, 3.63) is 48.0 Å². The molecule has 0 radical (unpaired) electrons. The minimum atomic E-state index is -0.0543. The third kappa shape index (κ3) is 3.51. The predicted octanol–water partition coefficient (Wildman–Crippen LogP) is 1.47. The van der Waals surface area contributed by atoms with Crippen LogP contribution in [0.2, 0.25) is 0 Å². The zero-order chi connectivity index (χ0) is 12.0. The van der Waals surface area contributed by atoms with E-state index in [1.54, 1.807) is 11.0 Å². The Morgan fingerprint density at radius 3 is 2.88 bits per heavy atom. The molecule has 0 saturated carbocycles. The normalized spacial score (nSPS) is 9.88. The molecule has 1 amide bonds. The number of hydrogen-bond acceptors (Lipinski definition) is 2. The Morgan fingerprint density at radius 1 is 1.56 bits per heavy atom. The van der Waals surface area contributed by atoms with E-state index < -0.39 is 0 Å². The van der Waals surface area contributed by atoms with E-state index in [4.69, 9.17) is 5.73 Å². The summed E-state index contributed by atoms with van der Waals surface area (Å²) in [7, 11) is 0. The maximum Gasteiger partial charge on any atom is 0.236 e. The topological polar surface area (TPSA) is 46.3 Å². The van der Waals surface area contributed by atoms with Crippen LogP contribution in [0.3, 0.4) is 0 Å². The molecule has 2 N–H and O–H groups in total. The molecule has 0 aromatic heterocycles. The van der Waals surface area contributed by atoms with E-state index in [-0.39, 0.29) is 12.5 Å². The lowest BCUT2D eigenvalue weighted by Gasteiger charge is -2.20. The van der Waals surface area contributed by atoms with Gasteiger partial charge in [0, 0.05) is 13.1 Å². The van der Waals surface area contributed by atoms with Crippen molar-refractivity contribution in [3.8, 4) is 0 Å². The van der Waals surface area contributed by atoms with E-state index in [0.717, 1.165) is 5.56 Å². The molecule has 0 atom stereocenters. The Kier molecular flexibility index (Phi) is 4.73. The second kappa shape index (κ2) is 6.08. The highest BCUT2D eigenvalue weighted by atomic mass is 16.2. The van der Waals surface area contributed by atoms with E-state index in [2.05, 4.69) is 12.6 Å². The Hall–Kier alpha value is -1.61. The first-order valence-electron chi connectivity index (χ1n) is 5.31. The average Bonchev–Trinajstić information content (AvgIpc) is 2.27.